The molecule has 0 bridgehead atoms. The molecule has 0 fully saturated rings. The molecular weight excluding hydrogens is 496 g/mol. The van der Waals surface area contributed by atoms with Crippen LogP contribution in [0.3, 0.4) is 0 Å². The predicted octanol–water partition coefficient (Wildman–Crippen LogP) is -15.6. The van der Waals surface area contributed by atoms with Gasteiger partial charge in [-0.25, -0.2) is 0 Å². The van der Waals surface area contributed by atoms with E-state index in [-0.39, 0.29) is 27.2 Å². The Morgan fingerprint density at radius 1 is 0.375 bits per heavy atom. The Balaban J connectivity index is -0.000000110. The fourth-order valence-corrected chi connectivity index (χ4v) is 0.773. The maximum Gasteiger partial charge on any atom is 4.00 e. The van der Waals surface area contributed by atoms with Gasteiger partial charge in [0.2, 0.25) is 0 Å². The minimum Gasteiger partial charge on any atom is -0.873 e. The van der Waals surface area contributed by atoms with Crippen molar-refractivity contribution in [2.24, 2.45) is 0 Å². The van der Waals surface area contributed by atoms with E-state index in [1.54, 1.807) is 0 Å². The van der Waals surface area contributed by atoms with E-state index in [0.717, 1.165) is 0 Å². The molecule has 182 valence electrons. The molecule has 0 radical (unpaired) electrons. The van der Waals surface area contributed by atoms with Crippen LogP contribution in [0.15, 0.2) is 0 Å². The molecule has 32 heavy (non-hydrogen) atoms. The van der Waals surface area contributed by atoms with Crippen LogP contribution < -0.4 is 30.6 Å². The molecule has 0 aliphatic heterocycles. The topological polar surface area (TPSA) is 397 Å². The van der Waals surface area contributed by atoms with E-state index in [1.807, 2.05) is 0 Å². The number of rotatable bonds is 9. The molecule has 0 aromatic carbocycles. The standard InChI is InChI=1S/3C4H6O6.H4O.Ti/c3*5-1(3(7)8)2(6)4(9)10;;/h3*1-2,5-6H,(H,7,8)(H,9,10);1H4;/q;;;+2;+4/p-6. The molecule has 0 saturated heterocycles. The van der Waals surface area contributed by atoms with Crippen molar-refractivity contribution in [3.8, 4) is 0 Å². The molecule has 0 aromatic heterocycles. The quantitative estimate of drug-likeness (QED) is 0.156. The first-order valence-corrected chi connectivity index (χ1v) is 6.73. The molecular formula is C12H16O19Ti. The largest absolute Gasteiger partial charge is 4.00 e. The molecule has 0 amide bonds. The number of hydrogen-bond acceptors (Lipinski definition) is 18. The van der Waals surface area contributed by atoms with Gasteiger partial charge < -0.3 is 95.5 Å². The number of aliphatic hydroxyl groups excluding tert-OH is 6. The maximum atomic E-state index is 9.63. The van der Waals surface area contributed by atoms with Crippen LogP contribution >= 0.6 is 0 Å². The average molecular weight is 512 g/mol. The van der Waals surface area contributed by atoms with Gasteiger partial charge in [-0.15, -0.1) is 0 Å². The third-order valence-corrected chi connectivity index (χ3v) is 2.35. The number of aliphatic hydroxyl groups is 6. The predicted molar refractivity (Wildman–Crippen MR) is 72.3 cm³/mol. The molecule has 0 rings (SSSR count). The first-order valence-electron chi connectivity index (χ1n) is 6.73. The van der Waals surface area contributed by atoms with E-state index in [0.29, 0.717) is 0 Å². The zero-order valence-corrected chi connectivity index (χ0v) is 16.8. The number of aliphatic carboxylic acids is 6. The molecule has 0 saturated carbocycles. The summed E-state index contributed by atoms with van der Waals surface area (Å²) in [5, 5.41) is 107. The van der Waals surface area contributed by atoms with Crippen LogP contribution in [-0.4, -0.2) is 103 Å². The fraction of sp³-hybridized carbons (Fsp3) is 0.500. The van der Waals surface area contributed by atoms with Gasteiger partial charge in [-0.2, -0.15) is 0 Å². The van der Waals surface area contributed by atoms with Crippen LogP contribution in [0.25, 0.3) is 0 Å². The van der Waals surface area contributed by atoms with Crippen molar-refractivity contribution in [1.29, 1.82) is 0 Å². The van der Waals surface area contributed by atoms with Crippen molar-refractivity contribution in [3.63, 3.8) is 0 Å². The molecule has 20 heteroatoms. The van der Waals surface area contributed by atoms with Gasteiger partial charge in [-0.05, 0) is 0 Å². The summed E-state index contributed by atoms with van der Waals surface area (Å²) in [7, 11) is 0. The van der Waals surface area contributed by atoms with E-state index in [2.05, 4.69) is 0 Å². The number of carbonyl (C=O) groups is 6. The second-order valence-electron chi connectivity index (χ2n) is 4.58. The van der Waals surface area contributed by atoms with E-state index >= 15 is 0 Å². The summed E-state index contributed by atoms with van der Waals surface area (Å²) in [5.74, 6) is -12.4. The van der Waals surface area contributed by atoms with Gasteiger partial charge in [0.05, 0.1) is 35.8 Å². The summed E-state index contributed by atoms with van der Waals surface area (Å²) in [6, 6.07) is 0. The van der Waals surface area contributed by atoms with Crippen LogP contribution in [0.1, 0.15) is 0 Å². The molecule has 10 N–H and O–H groups in total. The molecule has 0 aliphatic rings. The average Bonchev–Trinajstić information content (AvgIpc) is 2.64. The minimum absolute atomic E-state index is 0. The Labute approximate surface area is 190 Å². The van der Waals surface area contributed by atoms with Gasteiger partial charge in [0.15, 0.2) is 0 Å². The Hall–Kier alpha value is -2.75. The monoisotopic (exact) mass is 512 g/mol. The van der Waals surface area contributed by atoms with E-state index in [9.17, 15) is 59.4 Å². The number of hydrogen-bond donors (Lipinski definition) is 6. The van der Waals surface area contributed by atoms with Crippen molar-refractivity contribution < 1.29 is 117 Å². The SMILES string of the molecule is O=C([O-])C(O)C(O)C(=O)[O-].O=C([O-])C(O)C(O)C(=O)[O-].O=C([O-])C(O)C(O)C(=O)[O-].[OH4+2].[Ti+4]. The van der Waals surface area contributed by atoms with Gasteiger partial charge in [-0.1, -0.05) is 0 Å². The summed E-state index contributed by atoms with van der Waals surface area (Å²) in [5.41, 5.74) is 0. The van der Waals surface area contributed by atoms with Crippen LogP contribution in [0.4, 0.5) is 0 Å². The summed E-state index contributed by atoms with van der Waals surface area (Å²) >= 11 is 0. The normalized spacial score (nSPS) is 14.8. The summed E-state index contributed by atoms with van der Waals surface area (Å²) in [6.45, 7) is 0. The van der Waals surface area contributed by atoms with E-state index in [4.69, 9.17) is 30.6 Å². The van der Waals surface area contributed by atoms with Gasteiger partial charge in [0.25, 0.3) is 0 Å². The molecule has 0 spiro atoms. The Morgan fingerprint density at radius 3 is 0.469 bits per heavy atom. The minimum atomic E-state index is -2.44. The smallest absolute Gasteiger partial charge is 0.873 e. The molecule has 19 nitrogen and oxygen atoms in total. The van der Waals surface area contributed by atoms with Crippen molar-refractivity contribution >= 4 is 35.8 Å². The zero-order valence-electron chi connectivity index (χ0n) is 15.3. The third-order valence-electron chi connectivity index (χ3n) is 2.35. The Kier molecular flexibility index (Phi) is 23.5. The Bertz CT molecular complexity index is 494. The zero-order chi connectivity index (χ0) is 24.9. The van der Waals surface area contributed by atoms with Gasteiger partial charge >= 0.3 is 21.7 Å². The first-order chi connectivity index (χ1) is 13.4. The fourth-order valence-electron chi connectivity index (χ4n) is 0.773. The van der Waals surface area contributed by atoms with Crippen LogP contribution in [0.5, 0.6) is 0 Å². The van der Waals surface area contributed by atoms with Crippen molar-refractivity contribution in [2.75, 3.05) is 0 Å². The Morgan fingerprint density at radius 2 is 0.438 bits per heavy atom. The van der Waals surface area contributed by atoms with Crippen LogP contribution in [-0.2, 0) is 56.0 Å². The van der Waals surface area contributed by atoms with Crippen molar-refractivity contribution in [3.05, 3.63) is 0 Å². The van der Waals surface area contributed by atoms with Crippen molar-refractivity contribution in [1.82, 2.24) is 0 Å². The second-order valence-corrected chi connectivity index (χ2v) is 4.58. The van der Waals surface area contributed by atoms with E-state index in [1.165, 1.54) is 0 Å². The van der Waals surface area contributed by atoms with Gasteiger partial charge in [0, 0.05) is 0 Å². The maximum absolute atomic E-state index is 9.63. The van der Waals surface area contributed by atoms with Crippen molar-refractivity contribution in [2.45, 2.75) is 36.6 Å². The molecule has 6 unspecified atom stereocenters. The summed E-state index contributed by atoms with van der Waals surface area (Å²) in [6.07, 6.45) is -14.6. The third kappa shape index (κ3) is 17.0. The second kappa shape index (κ2) is 19.0. The first kappa shape index (κ1) is 39.7. The molecule has 0 aliphatic carbocycles. The summed E-state index contributed by atoms with van der Waals surface area (Å²) < 4.78 is 0. The van der Waals surface area contributed by atoms with Gasteiger partial charge in [-0.3, -0.25) is 0 Å². The molecule has 0 heterocycles. The summed E-state index contributed by atoms with van der Waals surface area (Å²) in [4.78, 5) is 57.8. The number of carbonyl (C=O) groups excluding carboxylic acids is 6. The number of carboxylic acids is 6. The van der Waals surface area contributed by atoms with Crippen LogP contribution in [0, 0.1) is 0 Å². The number of carboxylic acid groups (broad SMARTS) is 6. The van der Waals surface area contributed by atoms with Crippen LogP contribution in [0.2, 0.25) is 0 Å². The molecule has 6 atom stereocenters. The molecule has 0 aromatic rings. The van der Waals surface area contributed by atoms with Gasteiger partial charge in [0.1, 0.15) is 36.6 Å². The van der Waals surface area contributed by atoms with E-state index < -0.39 is 72.4 Å².